The van der Waals surface area contributed by atoms with Crippen LogP contribution in [0, 0.1) is 0 Å². The maximum absolute atomic E-state index is 5.74. The van der Waals surface area contributed by atoms with Gasteiger partial charge in [-0.3, -0.25) is 0 Å². The average Bonchev–Trinajstić information content (AvgIpc) is 3.03. The van der Waals surface area contributed by atoms with E-state index in [-0.39, 0.29) is 0 Å². The van der Waals surface area contributed by atoms with E-state index in [0.29, 0.717) is 0 Å². The molecule has 5 heteroatoms. The van der Waals surface area contributed by atoms with E-state index in [1.807, 2.05) is 0 Å². The molecule has 1 aliphatic rings. The van der Waals surface area contributed by atoms with Gasteiger partial charge in [0.2, 0.25) is 0 Å². The second-order valence-corrected chi connectivity index (χ2v) is 8.25. The lowest BCUT2D eigenvalue weighted by atomic mass is 10.1. The van der Waals surface area contributed by atoms with E-state index in [1.165, 1.54) is 19.8 Å². The Balaban J connectivity index is 1.56. The molecule has 0 atom stereocenters. The topological polar surface area (TPSA) is 21.3 Å². The molecule has 0 spiro atoms. The molecule has 2 aromatic rings. The van der Waals surface area contributed by atoms with E-state index in [9.17, 15) is 0 Å². The van der Waals surface area contributed by atoms with Crippen molar-refractivity contribution in [1.82, 2.24) is 5.32 Å². The smallest absolute Gasteiger partial charge is 0.127 e. The highest BCUT2D eigenvalue weighted by Gasteiger charge is 2.16. The normalized spacial score (nSPS) is 13.3. The number of hydrogen-bond acceptors (Lipinski definition) is 3. The maximum Gasteiger partial charge on any atom is 0.127 e. The van der Waals surface area contributed by atoms with Gasteiger partial charge in [0.05, 0.1) is 10.4 Å². The summed E-state index contributed by atoms with van der Waals surface area (Å²) in [6, 6.07) is 8.60. The number of fused-ring (bicyclic) bond motifs is 1. The van der Waals surface area contributed by atoms with Gasteiger partial charge in [0.15, 0.2) is 0 Å². The molecule has 0 unspecified atom stereocenters. The van der Waals surface area contributed by atoms with Crippen molar-refractivity contribution >= 4 is 43.2 Å². The first-order chi connectivity index (χ1) is 9.72. The van der Waals surface area contributed by atoms with Crippen LogP contribution in [-0.2, 0) is 19.4 Å². The van der Waals surface area contributed by atoms with Crippen LogP contribution in [0.5, 0.6) is 5.75 Å². The van der Waals surface area contributed by atoms with Crippen molar-refractivity contribution in [2.45, 2.75) is 19.4 Å². The van der Waals surface area contributed by atoms with Crippen LogP contribution in [0.3, 0.4) is 0 Å². The third-order valence-corrected chi connectivity index (χ3v) is 5.46. The minimum atomic E-state index is 0.808. The van der Waals surface area contributed by atoms with Gasteiger partial charge in [0, 0.05) is 34.4 Å². The van der Waals surface area contributed by atoms with Gasteiger partial charge in [-0.25, -0.2) is 0 Å². The number of thiophene rings is 1. The zero-order valence-electron chi connectivity index (χ0n) is 10.9. The summed E-state index contributed by atoms with van der Waals surface area (Å²) in [5.74, 6) is 1.08. The van der Waals surface area contributed by atoms with Gasteiger partial charge in [-0.15, -0.1) is 11.3 Å². The Bertz CT molecular complexity index is 612. The van der Waals surface area contributed by atoms with Crippen LogP contribution in [0.25, 0.3) is 0 Å². The number of rotatable bonds is 5. The molecule has 1 aliphatic heterocycles. The summed E-state index contributed by atoms with van der Waals surface area (Å²) in [5, 5.41) is 3.51. The Hall–Kier alpha value is -0.360. The van der Waals surface area contributed by atoms with Gasteiger partial charge in [-0.05, 0) is 52.2 Å². The molecule has 0 saturated carbocycles. The second kappa shape index (κ2) is 6.60. The van der Waals surface area contributed by atoms with Crippen LogP contribution < -0.4 is 10.1 Å². The number of hydrogen-bond donors (Lipinski definition) is 1. The fraction of sp³-hybridized carbons (Fsp3) is 0.333. The summed E-state index contributed by atoms with van der Waals surface area (Å²) in [7, 11) is 0. The van der Waals surface area contributed by atoms with Crippen LogP contribution in [0.2, 0.25) is 0 Å². The van der Waals surface area contributed by atoms with E-state index < -0.39 is 0 Å². The summed E-state index contributed by atoms with van der Waals surface area (Å²) >= 11 is 8.87. The van der Waals surface area contributed by atoms with Gasteiger partial charge < -0.3 is 10.1 Å². The molecule has 0 fully saturated rings. The zero-order valence-corrected chi connectivity index (χ0v) is 14.9. The van der Waals surface area contributed by atoms with Crippen molar-refractivity contribution in [2.24, 2.45) is 0 Å². The Morgan fingerprint density at radius 2 is 2.15 bits per heavy atom. The lowest BCUT2D eigenvalue weighted by Crippen LogP contribution is -2.16. The second-order valence-electron chi connectivity index (χ2n) is 4.78. The van der Waals surface area contributed by atoms with Crippen LogP contribution in [-0.4, -0.2) is 13.2 Å². The van der Waals surface area contributed by atoms with Gasteiger partial charge in [0.25, 0.3) is 0 Å². The predicted octanol–water partition coefficient (Wildman–Crippen LogP) is 4.54. The number of benzene rings is 1. The minimum absolute atomic E-state index is 0.808. The first-order valence-electron chi connectivity index (χ1n) is 6.61. The Morgan fingerprint density at radius 1 is 1.25 bits per heavy atom. The number of ether oxygens (including phenoxy) is 1. The van der Waals surface area contributed by atoms with Crippen molar-refractivity contribution in [3.63, 3.8) is 0 Å². The van der Waals surface area contributed by atoms with Gasteiger partial charge in [-0.1, -0.05) is 15.9 Å². The SMILES string of the molecule is Brc1cc2c(c(CNCCc3ccc(Br)s3)c1)OCC2. The maximum atomic E-state index is 5.74. The Kier molecular flexibility index (Phi) is 4.81. The van der Waals surface area contributed by atoms with Crippen molar-refractivity contribution < 1.29 is 4.74 Å². The molecular weight excluding hydrogens is 402 g/mol. The molecule has 1 aromatic carbocycles. The lowest BCUT2D eigenvalue weighted by Gasteiger charge is -2.10. The first kappa shape index (κ1) is 14.6. The fourth-order valence-corrected chi connectivity index (χ4v) is 4.43. The Labute approximate surface area is 139 Å². The molecule has 3 rings (SSSR count). The molecule has 106 valence electrons. The van der Waals surface area contributed by atoms with E-state index in [0.717, 1.165) is 42.8 Å². The summed E-state index contributed by atoms with van der Waals surface area (Å²) in [5.41, 5.74) is 2.57. The van der Waals surface area contributed by atoms with Crippen molar-refractivity contribution in [1.29, 1.82) is 0 Å². The molecule has 0 saturated heterocycles. The highest BCUT2D eigenvalue weighted by molar-refractivity contribution is 9.11. The third-order valence-electron chi connectivity index (χ3n) is 3.32. The number of nitrogens with one attached hydrogen (secondary N) is 1. The minimum Gasteiger partial charge on any atom is -0.493 e. The summed E-state index contributed by atoms with van der Waals surface area (Å²) < 4.78 is 8.08. The monoisotopic (exact) mass is 415 g/mol. The zero-order chi connectivity index (χ0) is 13.9. The molecule has 0 radical (unpaired) electrons. The summed E-state index contributed by atoms with van der Waals surface area (Å²) in [6.07, 6.45) is 2.08. The third kappa shape index (κ3) is 3.45. The molecular formula is C15H15Br2NOS. The van der Waals surface area contributed by atoms with Crippen molar-refractivity contribution in [3.05, 3.63) is 48.5 Å². The molecule has 20 heavy (non-hydrogen) atoms. The quantitative estimate of drug-likeness (QED) is 0.722. The van der Waals surface area contributed by atoms with Crippen LogP contribution in [0.4, 0.5) is 0 Å². The van der Waals surface area contributed by atoms with Gasteiger partial charge in [0.1, 0.15) is 5.75 Å². The molecule has 1 aromatic heterocycles. The average molecular weight is 417 g/mol. The largest absolute Gasteiger partial charge is 0.493 e. The molecule has 0 bridgehead atoms. The predicted molar refractivity (Wildman–Crippen MR) is 90.8 cm³/mol. The summed E-state index contributed by atoms with van der Waals surface area (Å²) in [4.78, 5) is 1.40. The van der Waals surface area contributed by atoms with E-state index >= 15 is 0 Å². The van der Waals surface area contributed by atoms with E-state index in [2.05, 4.69) is 61.4 Å². The highest BCUT2D eigenvalue weighted by atomic mass is 79.9. The highest BCUT2D eigenvalue weighted by Crippen LogP contribution is 2.32. The summed E-state index contributed by atoms with van der Waals surface area (Å²) in [6.45, 7) is 2.64. The van der Waals surface area contributed by atoms with Crippen molar-refractivity contribution in [2.75, 3.05) is 13.2 Å². The van der Waals surface area contributed by atoms with Crippen molar-refractivity contribution in [3.8, 4) is 5.75 Å². The van der Waals surface area contributed by atoms with E-state index in [4.69, 9.17) is 4.74 Å². The molecule has 1 N–H and O–H groups in total. The molecule has 2 heterocycles. The van der Waals surface area contributed by atoms with Gasteiger partial charge >= 0.3 is 0 Å². The van der Waals surface area contributed by atoms with Crippen LogP contribution >= 0.6 is 43.2 Å². The molecule has 2 nitrogen and oxygen atoms in total. The van der Waals surface area contributed by atoms with E-state index in [1.54, 1.807) is 11.3 Å². The number of halogens is 2. The standard InChI is InChI=1S/C15H15Br2NOS/c16-12-7-10-4-6-19-15(10)11(8-12)9-18-5-3-13-1-2-14(17)20-13/h1-2,7-8,18H,3-6,9H2. The molecule has 0 amide bonds. The van der Waals surface area contributed by atoms with Crippen LogP contribution in [0.1, 0.15) is 16.0 Å². The Morgan fingerprint density at radius 3 is 2.95 bits per heavy atom. The van der Waals surface area contributed by atoms with Crippen LogP contribution in [0.15, 0.2) is 32.5 Å². The first-order valence-corrected chi connectivity index (χ1v) is 9.01. The van der Waals surface area contributed by atoms with Gasteiger partial charge in [-0.2, -0.15) is 0 Å². The molecule has 0 aliphatic carbocycles. The fourth-order valence-electron chi connectivity index (χ4n) is 2.40. The lowest BCUT2D eigenvalue weighted by molar-refractivity contribution is 0.352.